The van der Waals surface area contributed by atoms with Gasteiger partial charge >= 0.3 is 5.97 Å². The fraction of sp³-hybridized carbons (Fsp3) is 0.269. The van der Waals surface area contributed by atoms with Crippen molar-refractivity contribution in [2.45, 2.75) is 30.9 Å². The van der Waals surface area contributed by atoms with Gasteiger partial charge in [0, 0.05) is 35.7 Å². The predicted molar refractivity (Wildman–Crippen MR) is 137 cm³/mol. The number of thioether (sulfide) groups is 1. The van der Waals surface area contributed by atoms with E-state index in [1.165, 1.54) is 28.8 Å². The maximum absolute atomic E-state index is 13.2. The fourth-order valence-electron chi connectivity index (χ4n) is 4.72. The fourth-order valence-corrected chi connectivity index (χ4v) is 5.97. The summed E-state index contributed by atoms with van der Waals surface area (Å²) in [7, 11) is 0. The highest BCUT2D eigenvalue weighted by Crippen LogP contribution is 2.40. The number of anilines is 1. The van der Waals surface area contributed by atoms with Crippen molar-refractivity contribution >= 4 is 41.1 Å². The highest BCUT2D eigenvalue weighted by molar-refractivity contribution is 8.00. The number of aliphatic carboxylic acids is 1. The van der Waals surface area contributed by atoms with E-state index in [0.29, 0.717) is 35.6 Å². The molecule has 1 aromatic heterocycles. The molecule has 12 heteroatoms. The lowest BCUT2D eigenvalue weighted by atomic mass is 10.0. The number of allylic oxidation sites excluding steroid dienone is 1. The average Bonchev–Trinajstić information content (AvgIpc) is 3.24. The van der Waals surface area contributed by atoms with Crippen molar-refractivity contribution in [2.24, 2.45) is 5.73 Å². The van der Waals surface area contributed by atoms with Gasteiger partial charge in [0.1, 0.15) is 29.4 Å². The molecule has 0 aliphatic carbocycles. The van der Waals surface area contributed by atoms with Crippen LogP contribution in [0.25, 0.3) is 0 Å². The Hall–Kier alpha value is -4.16. The molecule has 0 radical (unpaired) electrons. The van der Waals surface area contributed by atoms with E-state index in [2.05, 4.69) is 5.32 Å². The highest BCUT2D eigenvalue weighted by atomic mass is 32.2. The van der Waals surface area contributed by atoms with Gasteiger partial charge in [-0.05, 0) is 42.3 Å². The smallest absolute Gasteiger partial charge is 0.352 e. The number of carbonyl (C=O) groups is 4. The minimum Gasteiger partial charge on any atom is -0.508 e. The third kappa shape index (κ3) is 4.87. The zero-order valence-electron chi connectivity index (χ0n) is 20.2. The van der Waals surface area contributed by atoms with Crippen LogP contribution in [0.1, 0.15) is 12.1 Å². The van der Waals surface area contributed by atoms with Crippen LogP contribution in [0.15, 0.2) is 71.6 Å². The molecule has 3 aliphatic heterocycles. The first-order valence-corrected chi connectivity index (χ1v) is 13.0. The maximum atomic E-state index is 13.2. The summed E-state index contributed by atoms with van der Waals surface area (Å²) in [6, 6.07) is 10.9. The van der Waals surface area contributed by atoms with Gasteiger partial charge < -0.3 is 26.2 Å². The number of amides is 3. The van der Waals surface area contributed by atoms with Crippen molar-refractivity contribution < 1.29 is 34.0 Å². The van der Waals surface area contributed by atoms with Crippen molar-refractivity contribution in [3.63, 3.8) is 0 Å². The molecule has 11 nitrogen and oxygen atoms in total. The Morgan fingerprint density at radius 1 is 1.18 bits per heavy atom. The van der Waals surface area contributed by atoms with E-state index in [9.17, 15) is 29.4 Å². The second kappa shape index (κ2) is 10.3. The molecule has 0 spiro atoms. The zero-order chi connectivity index (χ0) is 27.0. The summed E-state index contributed by atoms with van der Waals surface area (Å²) in [5, 5.41) is 21.5. The number of carboxylic acids is 1. The molecule has 3 amide bonds. The van der Waals surface area contributed by atoms with Crippen LogP contribution >= 0.6 is 11.8 Å². The molecular formula is C26H26N5O6S+. The lowest BCUT2D eigenvalue weighted by molar-refractivity contribution is -0.692. The molecule has 0 unspecified atom stereocenters. The number of likely N-dealkylation sites (tertiary alicyclic amines) is 1. The topological polar surface area (TPSA) is 157 Å². The first-order valence-electron chi connectivity index (χ1n) is 12.0. The van der Waals surface area contributed by atoms with Gasteiger partial charge in [-0.2, -0.15) is 4.57 Å². The number of nitrogens with zero attached hydrogens (tertiary/aromatic N) is 3. The van der Waals surface area contributed by atoms with E-state index in [1.807, 2.05) is 12.1 Å². The van der Waals surface area contributed by atoms with E-state index in [1.54, 1.807) is 39.9 Å². The van der Waals surface area contributed by atoms with Gasteiger partial charge in [0.05, 0.1) is 0 Å². The van der Waals surface area contributed by atoms with Crippen LogP contribution in [0, 0.1) is 0 Å². The molecular weight excluding hydrogens is 510 g/mol. The summed E-state index contributed by atoms with van der Waals surface area (Å²) in [5.41, 5.74) is 7.90. The maximum Gasteiger partial charge on any atom is 0.352 e. The third-order valence-corrected chi connectivity index (χ3v) is 7.98. The summed E-state index contributed by atoms with van der Waals surface area (Å²) >= 11 is 1.39. The van der Waals surface area contributed by atoms with E-state index >= 15 is 0 Å². The zero-order valence-corrected chi connectivity index (χ0v) is 21.1. The van der Waals surface area contributed by atoms with Crippen molar-refractivity contribution in [3.8, 4) is 5.75 Å². The van der Waals surface area contributed by atoms with Gasteiger partial charge in [0.15, 0.2) is 6.20 Å². The van der Waals surface area contributed by atoms with Crippen LogP contribution in [0.2, 0.25) is 0 Å². The van der Waals surface area contributed by atoms with Crippen LogP contribution < -0.4 is 15.6 Å². The Labute approximate surface area is 222 Å². The molecule has 1 aromatic carbocycles. The lowest BCUT2D eigenvalue weighted by Gasteiger charge is -2.47. The molecule has 2 atom stereocenters. The molecule has 0 bridgehead atoms. The summed E-state index contributed by atoms with van der Waals surface area (Å²) in [4.78, 5) is 52.8. The lowest BCUT2D eigenvalue weighted by Crippen LogP contribution is -2.68. The summed E-state index contributed by atoms with van der Waals surface area (Å²) in [5.74, 6) is -1.69. The standard InChI is InChI=1S/C26H25N5O6S/c27-21-24(35)31-22(26(36)37)16(14-38-25(21)31)11-15-8-10-30(23(15)34)12-18-3-1-2-9-29(18)13-20(33)28-17-4-6-19(32)7-5-17/h1-7,9,11,21,25H,8,10,12-14,27H2,(H2-,28,32,33,36,37)/p+1/b15-11+/t21-,25-/m1/s1. The number of aromatic nitrogens is 1. The number of phenols is 1. The number of aromatic hydroxyl groups is 1. The number of hydrogen-bond donors (Lipinski definition) is 4. The summed E-state index contributed by atoms with van der Waals surface area (Å²) in [6.07, 6.45) is 3.79. The molecule has 3 aliphatic rings. The van der Waals surface area contributed by atoms with Crippen LogP contribution in [0.5, 0.6) is 5.75 Å². The number of β-lactam (4-membered cyclic amide) rings is 1. The Kier molecular flexibility index (Phi) is 6.91. The van der Waals surface area contributed by atoms with E-state index in [-0.39, 0.29) is 36.4 Å². The molecule has 4 heterocycles. The average molecular weight is 537 g/mol. The number of fused-ring (bicyclic) bond motifs is 1. The Bertz CT molecular complexity index is 1390. The van der Waals surface area contributed by atoms with Gasteiger partial charge in [0.25, 0.3) is 5.91 Å². The van der Waals surface area contributed by atoms with Crippen LogP contribution in [0.4, 0.5) is 5.69 Å². The van der Waals surface area contributed by atoms with Crippen molar-refractivity contribution in [1.29, 1.82) is 0 Å². The van der Waals surface area contributed by atoms with E-state index < -0.39 is 23.3 Å². The molecule has 0 saturated carbocycles. The Morgan fingerprint density at radius 2 is 1.95 bits per heavy atom. The Morgan fingerprint density at radius 3 is 2.68 bits per heavy atom. The molecule has 2 aromatic rings. The van der Waals surface area contributed by atoms with Crippen molar-refractivity contribution in [1.82, 2.24) is 9.80 Å². The molecule has 2 saturated heterocycles. The first-order chi connectivity index (χ1) is 18.2. The Balaban J connectivity index is 1.29. The highest BCUT2D eigenvalue weighted by Gasteiger charge is 2.51. The summed E-state index contributed by atoms with van der Waals surface area (Å²) < 4.78 is 1.76. The number of phenolic OH excluding ortho intramolecular Hbond substituents is 1. The molecule has 2 fully saturated rings. The van der Waals surface area contributed by atoms with Crippen molar-refractivity contribution in [2.75, 3.05) is 17.6 Å². The molecule has 38 heavy (non-hydrogen) atoms. The van der Waals surface area contributed by atoms with Crippen LogP contribution in [-0.2, 0) is 32.3 Å². The second-order valence-electron chi connectivity index (χ2n) is 9.18. The van der Waals surface area contributed by atoms with E-state index in [0.717, 1.165) is 5.69 Å². The minimum absolute atomic E-state index is 0.0288. The number of hydrogen-bond acceptors (Lipinski definition) is 7. The first kappa shape index (κ1) is 25.5. The van der Waals surface area contributed by atoms with E-state index in [4.69, 9.17) is 5.73 Å². The van der Waals surface area contributed by atoms with Gasteiger partial charge in [-0.25, -0.2) is 4.79 Å². The summed E-state index contributed by atoms with van der Waals surface area (Å²) in [6.45, 7) is 0.740. The number of carbonyl (C=O) groups excluding carboxylic acids is 3. The van der Waals surface area contributed by atoms with Crippen LogP contribution in [-0.4, -0.2) is 67.4 Å². The molecule has 196 valence electrons. The van der Waals surface area contributed by atoms with Crippen molar-refractivity contribution in [3.05, 3.63) is 77.3 Å². The van der Waals surface area contributed by atoms with Gasteiger partial charge in [-0.3, -0.25) is 19.3 Å². The quantitative estimate of drug-likeness (QED) is 0.173. The molecule has 5 rings (SSSR count). The largest absolute Gasteiger partial charge is 0.508 e. The number of rotatable bonds is 7. The SMILES string of the molecule is N[C@@H]1C(=O)N2C(C(=O)O)=C(/C=C3\CCN(Cc4cccc[n+]4CC(=O)Nc4ccc(O)cc4)C3=O)CS[C@H]12. The number of pyridine rings is 1. The number of benzene rings is 1. The van der Waals surface area contributed by atoms with Gasteiger partial charge in [-0.1, -0.05) is 6.07 Å². The second-order valence-corrected chi connectivity index (χ2v) is 10.3. The predicted octanol–water partition coefficient (Wildman–Crippen LogP) is 0.558. The number of carboxylic acid groups (broad SMARTS) is 1. The molecule has 5 N–H and O–H groups in total. The number of nitrogens with two attached hydrogens (primary N) is 1. The normalized spacial score (nSPS) is 22.0. The minimum atomic E-state index is -1.22. The van der Waals surface area contributed by atoms with Gasteiger partial charge in [-0.15, -0.1) is 11.8 Å². The monoisotopic (exact) mass is 536 g/mol. The van der Waals surface area contributed by atoms with Crippen LogP contribution in [0.3, 0.4) is 0 Å². The third-order valence-electron chi connectivity index (χ3n) is 6.66. The number of nitrogens with one attached hydrogen (secondary N) is 1. The van der Waals surface area contributed by atoms with Gasteiger partial charge in [0.2, 0.25) is 24.1 Å².